The summed E-state index contributed by atoms with van der Waals surface area (Å²) in [5, 5.41) is 4.61. The Bertz CT molecular complexity index is 783. The zero-order valence-electron chi connectivity index (χ0n) is 14.1. The minimum atomic E-state index is 0.00382. The van der Waals surface area contributed by atoms with E-state index >= 15 is 0 Å². The van der Waals surface area contributed by atoms with Gasteiger partial charge in [-0.15, -0.1) is 0 Å². The molecule has 1 atom stereocenters. The largest absolute Gasteiger partial charge is 0.293 e. The fourth-order valence-electron chi connectivity index (χ4n) is 3.50. The fraction of sp³-hybridized carbons (Fsp3) is 0.556. The van der Waals surface area contributed by atoms with Crippen molar-refractivity contribution in [2.24, 2.45) is 0 Å². The van der Waals surface area contributed by atoms with Crippen molar-refractivity contribution >= 4 is 0 Å². The van der Waals surface area contributed by atoms with Crippen molar-refractivity contribution in [2.75, 3.05) is 6.54 Å². The van der Waals surface area contributed by atoms with Crippen molar-refractivity contribution in [3.63, 3.8) is 0 Å². The van der Waals surface area contributed by atoms with Gasteiger partial charge >= 0.3 is 0 Å². The van der Waals surface area contributed by atoms with Gasteiger partial charge in [0.2, 0.25) is 0 Å². The van der Waals surface area contributed by atoms with Crippen LogP contribution < -0.4 is 5.56 Å². The summed E-state index contributed by atoms with van der Waals surface area (Å²) in [7, 11) is 0. The van der Waals surface area contributed by atoms with Crippen LogP contribution in [0.15, 0.2) is 29.2 Å². The number of hydrogen-bond acceptors (Lipinski definition) is 5. The average Bonchev–Trinajstić information content (AvgIpc) is 3.32. The van der Waals surface area contributed by atoms with Gasteiger partial charge in [0.15, 0.2) is 0 Å². The first-order valence-electron chi connectivity index (χ1n) is 8.80. The number of aryl methyl sites for hydroxylation is 1. The lowest BCUT2D eigenvalue weighted by molar-refractivity contribution is 0.214. The molecule has 0 amide bonds. The molecular weight excluding hydrogens is 302 g/mol. The van der Waals surface area contributed by atoms with E-state index < -0.39 is 0 Å². The van der Waals surface area contributed by atoms with Crippen LogP contribution in [0.5, 0.6) is 0 Å². The molecule has 6 heteroatoms. The number of aromatic nitrogens is 4. The predicted octanol–water partition coefficient (Wildman–Crippen LogP) is 1.88. The maximum absolute atomic E-state index is 12.2. The number of rotatable bonds is 5. The van der Waals surface area contributed by atoms with Crippen molar-refractivity contribution in [2.45, 2.75) is 57.7 Å². The lowest BCUT2D eigenvalue weighted by Gasteiger charge is -2.24. The number of likely N-dealkylation sites (tertiary alicyclic amines) is 1. The monoisotopic (exact) mass is 325 g/mol. The predicted molar refractivity (Wildman–Crippen MR) is 90.7 cm³/mol. The van der Waals surface area contributed by atoms with Crippen LogP contribution in [0.25, 0.3) is 0 Å². The summed E-state index contributed by atoms with van der Waals surface area (Å²) in [5.41, 5.74) is 2.12. The first-order chi connectivity index (χ1) is 11.7. The van der Waals surface area contributed by atoms with Crippen LogP contribution in [0.2, 0.25) is 0 Å². The van der Waals surface area contributed by atoms with Gasteiger partial charge in [-0.2, -0.15) is 5.10 Å². The minimum Gasteiger partial charge on any atom is -0.293 e. The highest BCUT2D eigenvalue weighted by atomic mass is 16.1. The van der Waals surface area contributed by atoms with Gasteiger partial charge in [-0.05, 0) is 51.3 Å². The maximum Gasteiger partial charge on any atom is 0.266 e. The Morgan fingerprint density at radius 1 is 1.21 bits per heavy atom. The Morgan fingerprint density at radius 3 is 2.88 bits per heavy atom. The van der Waals surface area contributed by atoms with Gasteiger partial charge in [0.25, 0.3) is 5.56 Å². The van der Waals surface area contributed by atoms with E-state index in [4.69, 9.17) is 0 Å². The van der Waals surface area contributed by atoms with Crippen LogP contribution in [0, 0.1) is 6.92 Å². The highest BCUT2D eigenvalue weighted by Gasteiger charge is 2.28. The van der Waals surface area contributed by atoms with Crippen molar-refractivity contribution in [1.29, 1.82) is 0 Å². The third kappa shape index (κ3) is 3.38. The van der Waals surface area contributed by atoms with E-state index in [1.165, 1.54) is 12.8 Å². The van der Waals surface area contributed by atoms with Gasteiger partial charge in [-0.3, -0.25) is 9.69 Å². The average molecular weight is 325 g/mol. The molecule has 1 saturated heterocycles. The van der Waals surface area contributed by atoms with Crippen molar-refractivity contribution in [3.05, 3.63) is 52.0 Å². The summed E-state index contributed by atoms with van der Waals surface area (Å²) < 4.78 is 1.67. The standard InChI is InChI=1S/C18H23N5O/c1-13-19-9-8-15(20-13)11-22-10-2-3-16(22)12-23-18(24)7-6-17(21-23)14-4-5-14/h6-9,14,16H,2-5,10-12H2,1H3. The molecule has 3 heterocycles. The highest BCUT2D eigenvalue weighted by molar-refractivity contribution is 5.12. The van der Waals surface area contributed by atoms with Crippen LogP contribution in [0.3, 0.4) is 0 Å². The van der Waals surface area contributed by atoms with E-state index in [0.717, 1.165) is 43.1 Å². The van der Waals surface area contributed by atoms with E-state index in [2.05, 4.69) is 20.0 Å². The van der Waals surface area contributed by atoms with Gasteiger partial charge in [0, 0.05) is 30.8 Å². The van der Waals surface area contributed by atoms with Crippen LogP contribution in [0.4, 0.5) is 0 Å². The smallest absolute Gasteiger partial charge is 0.266 e. The second-order valence-corrected chi connectivity index (χ2v) is 6.91. The highest BCUT2D eigenvalue weighted by Crippen LogP contribution is 2.38. The van der Waals surface area contributed by atoms with Gasteiger partial charge in [-0.1, -0.05) is 0 Å². The molecule has 1 unspecified atom stereocenters. The lowest BCUT2D eigenvalue weighted by atomic mass is 10.2. The Kier molecular flexibility index (Phi) is 4.14. The van der Waals surface area contributed by atoms with Crippen molar-refractivity contribution in [1.82, 2.24) is 24.6 Å². The molecule has 1 aliphatic heterocycles. The molecule has 126 valence electrons. The third-order valence-corrected chi connectivity index (χ3v) is 4.96. The molecule has 0 bridgehead atoms. The molecule has 2 aliphatic rings. The van der Waals surface area contributed by atoms with Crippen molar-refractivity contribution < 1.29 is 0 Å². The molecule has 0 N–H and O–H groups in total. The second kappa shape index (κ2) is 6.43. The molecule has 0 radical (unpaired) electrons. The SMILES string of the molecule is Cc1nccc(CN2CCCC2Cn2nc(C3CC3)ccc2=O)n1. The van der Waals surface area contributed by atoms with E-state index in [9.17, 15) is 4.79 Å². The molecule has 0 spiro atoms. The van der Waals surface area contributed by atoms with Crippen LogP contribution in [-0.4, -0.2) is 37.2 Å². The Labute approximate surface area is 141 Å². The Balaban J connectivity index is 1.49. The molecule has 1 aliphatic carbocycles. The van der Waals surface area contributed by atoms with E-state index in [1.807, 2.05) is 25.3 Å². The maximum atomic E-state index is 12.2. The molecule has 6 nitrogen and oxygen atoms in total. The topological polar surface area (TPSA) is 63.9 Å². The zero-order chi connectivity index (χ0) is 16.5. The first kappa shape index (κ1) is 15.4. The quantitative estimate of drug-likeness (QED) is 0.840. The van der Waals surface area contributed by atoms with E-state index in [-0.39, 0.29) is 5.56 Å². The fourth-order valence-corrected chi connectivity index (χ4v) is 3.50. The molecule has 1 saturated carbocycles. The molecule has 4 rings (SSSR count). The molecule has 0 aromatic carbocycles. The summed E-state index contributed by atoms with van der Waals surface area (Å²) in [4.78, 5) is 23.3. The first-order valence-corrected chi connectivity index (χ1v) is 8.80. The number of hydrogen-bond donors (Lipinski definition) is 0. The summed E-state index contributed by atoms with van der Waals surface area (Å²) in [5.74, 6) is 1.37. The molecule has 2 fully saturated rings. The molecular formula is C18H23N5O. The van der Waals surface area contributed by atoms with Crippen LogP contribution >= 0.6 is 0 Å². The molecule has 24 heavy (non-hydrogen) atoms. The second-order valence-electron chi connectivity index (χ2n) is 6.91. The molecule has 2 aromatic rings. The summed E-state index contributed by atoms with van der Waals surface area (Å²) in [6.45, 7) is 4.44. The summed E-state index contributed by atoms with van der Waals surface area (Å²) in [6.07, 6.45) is 6.48. The normalized spacial score (nSPS) is 21.3. The van der Waals surface area contributed by atoms with Crippen molar-refractivity contribution in [3.8, 4) is 0 Å². The Hall–Kier alpha value is -2.08. The summed E-state index contributed by atoms with van der Waals surface area (Å²) in [6, 6.07) is 5.89. The number of nitrogens with zero attached hydrogens (tertiary/aromatic N) is 5. The van der Waals surface area contributed by atoms with Gasteiger partial charge in [-0.25, -0.2) is 14.6 Å². The van der Waals surface area contributed by atoms with Crippen LogP contribution in [-0.2, 0) is 13.1 Å². The van der Waals surface area contributed by atoms with Gasteiger partial charge in [0.05, 0.1) is 17.9 Å². The molecule has 2 aromatic heterocycles. The Morgan fingerprint density at radius 2 is 2.08 bits per heavy atom. The van der Waals surface area contributed by atoms with E-state index in [0.29, 0.717) is 18.5 Å². The zero-order valence-corrected chi connectivity index (χ0v) is 14.1. The van der Waals surface area contributed by atoms with Gasteiger partial charge in [0.1, 0.15) is 5.82 Å². The summed E-state index contributed by atoms with van der Waals surface area (Å²) >= 11 is 0. The lowest BCUT2D eigenvalue weighted by Crippen LogP contribution is -2.37. The minimum absolute atomic E-state index is 0.00382. The van der Waals surface area contributed by atoms with Gasteiger partial charge < -0.3 is 0 Å². The van der Waals surface area contributed by atoms with E-state index in [1.54, 1.807) is 10.7 Å². The van der Waals surface area contributed by atoms with Crippen LogP contribution in [0.1, 0.15) is 48.8 Å². The third-order valence-electron chi connectivity index (χ3n) is 4.96.